The number of hydrogen-bond acceptors (Lipinski definition) is 3. The van der Waals surface area contributed by atoms with Crippen molar-refractivity contribution in [3.8, 4) is 0 Å². The molecule has 0 unspecified atom stereocenters. The lowest BCUT2D eigenvalue weighted by Crippen LogP contribution is -2.42. The lowest BCUT2D eigenvalue weighted by Gasteiger charge is -2.25. The van der Waals surface area contributed by atoms with Crippen molar-refractivity contribution in [2.75, 3.05) is 19.8 Å². The SMILES string of the molecule is CCOC[C@H]1CCCN1C(=O)Cn1cccc(C(F)(F)F)c1=O. The summed E-state index contributed by atoms with van der Waals surface area (Å²) >= 11 is 0. The van der Waals surface area contributed by atoms with Crippen LogP contribution in [0.2, 0.25) is 0 Å². The number of rotatable bonds is 5. The van der Waals surface area contributed by atoms with Crippen LogP contribution in [-0.2, 0) is 22.3 Å². The quantitative estimate of drug-likeness (QED) is 0.827. The summed E-state index contributed by atoms with van der Waals surface area (Å²) in [6.07, 6.45) is -1.92. The molecule has 0 aliphatic carbocycles. The van der Waals surface area contributed by atoms with E-state index in [1.54, 1.807) is 4.90 Å². The Hall–Kier alpha value is -1.83. The van der Waals surface area contributed by atoms with Gasteiger partial charge in [0.15, 0.2) is 0 Å². The monoisotopic (exact) mass is 332 g/mol. The van der Waals surface area contributed by atoms with Crippen LogP contribution >= 0.6 is 0 Å². The van der Waals surface area contributed by atoms with Crippen LogP contribution in [-0.4, -0.2) is 41.2 Å². The van der Waals surface area contributed by atoms with Gasteiger partial charge in [-0.2, -0.15) is 13.2 Å². The first-order valence-electron chi connectivity index (χ1n) is 7.48. The predicted molar refractivity (Wildman–Crippen MR) is 76.9 cm³/mol. The summed E-state index contributed by atoms with van der Waals surface area (Å²) in [5.74, 6) is -0.367. The summed E-state index contributed by atoms with van der Waals surface area (Å²) in [6.45, 7) is 2.92. The van der Waals surface area contributed by atoms with Gasteiger partial charge >= 0.3 is 6.18 Å². The molecule has 0 spiro atoms. The highest BCUT2D eigenvalue weighted by Crippen LogP contribution is 2.26. The molecule has 0 bridgehead atoms. The summed E-state index contributed by atoms with van der Waals surface area (Å²) in [5.41, 5.74) is -2.46. The largest absolute Gasteiger partial charge is 0.421 e. The number of pyridine rings is 1. The third kappa shape index (κ3) is 4.13. The van der Waals surface area contributed by atoms with E-state index >= 15 is 0 Å². The minimum atomic E-state index is -4.73. The van der Waals surface area contributed by atoms with Gasteiger partial charge in [-0.05, 0) is 31.9 Å². The maximum atomic E-state index is 12.7. The van der Waals surface area contributed by atoms with Crippen LogP contribution < -0.4 is 5.56 Å². The van der Waals surface area contributed by atoms with E-state index in [1.807, 2.05) is 6.92 Å². The van der Waals surface area contributed by atoms with E-state index in [4.69, 9.17) is 4.74 Å². The molecule has 0 radical (unpaired) electrons. The van der Waals surface area contributed by atoms with Gasteiger partial charge in [0.2, 0.25) is 5.91 Å². The van der Waals surface area contributed by atoms with Gasteiger partial charge in [0.05, 0.1) is 12.6 Å². The number of likely N-dealkylation sites (tertiary alicyclic amines) is 1. The van der Waals surface area contributed by atoms with Crippen LogP contribution in [0, 0.1) is 0 Å². The van der Waals surface area contributed by atoms with Crippen LogP contribution in [0.4, 0.5) is 13.2 Å². The Labute approximate surface area is 131 Å². The van der Waals surface area contributed by atoms with Gasteiger partial charge < -0.3 is 14.2 Å². The number of hydrogen-bond donors (Lipinski definition) is 0. The molecule has 1 aromatic heterocycles. The van der Waals surface area contributed by atoms with Gasteiger partial charge in [-0.15, -0.1) is 0 Å². The Balaban J connectivity index is 2.13. The van der Waals surface area contributed by atoms with Crippen LogP contribution in [0.3, 0.4) is 0 Å². The third-order valence-corrected chi connectivity index (χ3v) is 3.84. The average Bonchev–Trinajstić information content (AvgIpc) is 2.94. The molecule has 1 fully saturated rings. The van der Waals surface area contributed by atoms with Gasteiger partial charge in [-0.3, -0.25) is 9.59 Å². The van der Waals surface area contributed by atoms with Gasteiger partial charge in [-0.25, -0.2) is 0 Å². The standard InChI is InChI=1S/C15H19F3N2O3/c1-2-23-10-11-5-3-8-20(11)13(21)9-19-7-4-6-12(14(19)22)15(16,17)18/h4,6-7,11H,2-3,5,8-10H2,1H3/t11-/m1/s1. The van der Waals surface area contributed by atoms with Crippen molar-refractivity contribution in [3.63, 3.8) is 0 Å². The predicted octanol–water partition coefficient (Wildman–Crippen LogP) is 1.89. The number of carbonyl (C=O) groups excluding carboxylic acids is 1. The summed E-state index contributed by atoms with van der Waals surface area (Å²) in [6, 6.07) is 1.76. The van der Waals surface area contributed by atoms with Crippen molar-refractivity contribution < 1.29 is 22.7 Å². The summed E-state index contributed by atoms with van der Waals surface area (Å²) < 4.78 is 44.4. The van der Waals surface area contributed by atoms with Crippen molar-refractivity contribution in [3.05, 3.63) is 34.2 Å². The second-order valence-electron chi connectivity index (χ2n) is 5.40. The van der Waals surface area contributed by atoms with E-state index < -0.39 is 23.8 Å². The molecule has 128 valence electrons. The number of nitrogens with zero attached hydrogens (tertiary/aromatic N) is 2. The number of halogens is 3. The first-order chi connectivity index (χ1) is 10.8. The van der Waals surface area contributed by atoms with E-state index in [0.29, 0.717) is 19.8 Å². The van der Waals surface area contributed by atoms with Crippen molar-refractivity contribution >= 4 is 5.91 Å². The normalized spacial score (nSPS) is 18.4. The maximum absolute atomic E-state index is 12.7. The summed E-state index contributed by atoms with van der Waals surface area (Å²) in [7, 11) is 0. The minimum absolute atomic E-state index is 0.0797. The minimum Gasteiger partial charge on any atom is -0.380 e. The highest BCUT2D eigenvalue weighted by Gasteiger charge is 2.35. The topological polar surface area (TPSA) is 51.5 Å². The Morgan fingerprint density at radius 3 is 2.83 bits per heavy atom. The number of amides is 1. The fraction of sp³-hybridized carbons (Fsp3) is 0.600. The molecule has 1 amide bonds. The van der Waals surface area contributed by atoms with Crippen molar-refractivity contribution in [2.24, 2.45) is 0 Å². The molecule has 0 N–H and O–H groups in total. The van der Waals surface area contributed by atoms with E-state index in [0.717, 1.165) is 29.5 Å². The molecule has 0 saturated carbocycles. The van der Waals surface area contributed by atoms with Gasteiger partial charge in [0.1, 0.15) is 12.1 Å². The first kappa shape index (κ1) is 17.5. The molecule has 1 aliphatic heterocycles. The summed E-state index contributed by atoms with van der Waals surface area (Å²) in [5, 5.41) is 0. The van der Waals surface area contributed by atoms with Crippen molar-refractivity contribution in [1.82, 2.24) is 9.47 Å². The fourth-order valence-electron chi connectivity index (χ4n) is 2.70. The Kier molecular flexibility index (Phi) is 5.46. The number of alkyl halides is 3. The zero-order valence-electron chi connectivity index (χ0n) is 12.8. The first-order valence-corrected chi connectivity index (χ1v) is 7.48. The molecule has 2 rings (SSSR count). The molecular weight excluding hydrogens is 313 g/mol. The molecule has 1 atom stereocenters. The highest BCUT2D eigenvalue weighted by atomic mass is 19.4. The lowest BCUT2D eigenvalue weighted by molar-refractivity contribution is -0.140. The zero-order valence-corrected chi connectivity index (χ0v) is 12.8. The lowest BCUT2D eigenvalue weighted by atomic mass is 10.2. The van der Waals surface area contributed by atoms with Crippen LogP contribution in [0.5, 0.6) is 0 Å². The molecule has 1 aliphatic rings. The van der Waals surface area contributed by atoms with Crippen LogP contribution in [0.15, 0.2) is 23.1 Å². The van der Waals surface area contributed by atoms with E-state index in [1.165, 1.54) is 6.20 Å². The molecular formula is C15H19F3N2O3. The summed E-state index contributed by atoms with van der Waals surface area (Å²) in [4.78, 5) is 25.8. The number of ether oxygens (including phenoxy) is 1. The molecule has 0 aromatic carbocycles. The second-order valence-corrected chi connectivity index (χ2v) is 5.40. The van der Waals surface area contributed by atoms with E-state index in [-0.39, 0.29) is 11.9 Å². The van der Waals surface area contributed by atoms with Crippen LogP contribution in [0.25, 0.3) is 0 Å². The van der Waals surface area contributed by atoms with E-state index in [2.05, 4.69) is 0 Å². The molecule has 5 nitrogen and oxygen atoms in total. The molecule has 1 aromatic rings. The Morgan fingerprint density at radius 2 is 2.17 bits per heavy atom. The molecule has 1 saturated heterocycles. The number of carbonyl (C=O) groups is 1. The van der Waals surface area contributed by atoms with Gasteiger partial charge in [0.25, 0.3) is 5.56 Å². The Bertz CT molecular complexity index is 613. The highest BCUT2D eigenvalue weighted by molar-refractivity contribution is 5.76. The smallest absolute Gasteiger partial charge is 0.380 e. The van der Waals surface area contributed by atoms with E-state index in [9.17, 15) is 22.8 Å². The van der Waals surface area contributed by atoms with Gasteiger partial charge in [0, 0.05) is 19.3 Å². The number of aromatic nitrogens is 1. The van der Waals surface area contributed by atoms with Gasteiger partial charge in [-0.1, -0.05) is 0 Å². The van der Waals surface area contributed by atoms with Crippen LogP contribution in [0.1, 0.15) is 25.3 Å². The third-order valence-electron chi connectivity index (χ3n) is 3.84. The van der Waals surface area contributed by atoms with Crippen molar-refractivity contribution in [2.45, 2.75) is 38.5 Å². The molecule has 23 heavy (non-hydrogen) atoms. The fourth-order valence-corrected chi connectivity index (χ4v) is 2.70. The average molecular weight is 332 g/mol. The maximum Gasteiger partial charge on any atom is 0.421 e. The van der Waals surface area contributed by atoms with Crippen molar-refractivity contribution in [1.29, 1.82) is 0 Å². The molecule has 8 heteroatoms. The second kappa shape index (κ2) is 7.16. The Morgan fingerprint density at radius 1 is 1.43 bits per heavy atom. The zero-order chi connectivity index (χ0) is 17.0. The molecule has 2 heterocycles.